The predicted molar refractivity (Wildman–Crippen MR) is 108 cm³/mol. The van der Waals surface area contributed by atoms with Gasteiger partial charge in [-0.15, -0.1) is 11.3 Å². The number of thiophene rings is 1. The summed E-state index contributed by atoms with van der Waals surface area (Å²) in [5.74, 6) is -0.599. The van der Waals surface area contributed by atoms with Crippen molar-refractivity contribution < 1.29 is 9.59 Å². The number of hydrogen-bond acceptors (Lipinski definition) is 6. The molecule has 0 bridgehead atoms. The highest BCUT2D eigenvalue weighted by Gasteiger charge is 2.29. The van der Waals surface area contributed by atoms with Crippen LogP contribution in [0.25, 0.3) is 0 Å². The Bertz CT molecular complexity index is 1160. The molecule has 0 fully saturated rings. The number of anilines is 1. The first-order valence-corrected chi connectivity index (χ1v) is 9.94. The number of hydrogen-bond donors (Lipinski definition) is 2. The quantitative estimate of drug-likeness (QED) is 0.667. The van der Waals surface area contributed by atoms with Crippen molar-refractivity contribution in [2.75, 3.05) is 11.9 Å². The molecular formula is C19H15ClN6O2S. The number of rotatable bonds is 3. The van der Waals surface area contributed by atoms with Crippen molar-refractivity contribution >= 4 is 39.8 Å². The fourth-order valence-corrected chi connectivity index (χ4v) is 4.59. The second-order valence-corrected chi connectivity index (χ2v) is 8.05. The van der Waals surface area contributed by atoms with E-state index in [1.165, 1.54) is 29.8 Å². The molecule has 0 aromatic carbocycles. The normalized spacial score (nSPS) is 12.9. The third-order valence-electron chi connectivity index (χ3n) is 4.62. The topological polar surface area (TPSA) is 115 Å². The van der Waals surface area contributed by atoms with E-state index in [4.69, 9.17) is 11.6 Å². The molecule has 4 rings (SSSR count). The number of nitriles is 1. The summed E-state index contributed by atoms with van der Waals surface area (Å²) >= 11 is 7.36. The lowest BCUT2D eigenvalue weighted by Gasteiger charge is -2.26. The molecule has 0 spiro atoms. The van der Waals surface area contributed by atoms with Crippen LogP contribution in [0.5, 0.6) is 0 Å². The van der Waals surface area contributed by atoms with E-state index in [2.05, 4.69) is 26.6 Å². The number of carbonyl (C=O) groups excluding carboxylic acids is 2. The maximum absolute atomic E-state index is 12.7. The largest absolute Gasteiger partial charge is 0.332 e. The van der Waals surface area contributed by atoms with Gasteiger partial charge in [-0.3, -0.25) is 19.7 Å². The smallest absolute Gasteiger partial charge is 0.274 e. The number of H-pyrrole nitrogens is 1. The Morgan fingerprint density at radius 3 is 2.97 bits per heavy atom. The summed E-state index contributed by atoms with van der Waals surface area (Å²) in [6.45, 7) is 2.67. The first kappa shape index (κ1) is 19.1. The molecule has 0 unspecified atom stereocenters. The van der Waals surface area contributed by atoms with Crippen molar-refractivity contribution in [3.63, 3.8) is 0 Å². The Hall–Kier alpha value is -3.22. The lowest BCUT2D eigenvalue weighted by Crippen LogP contribution is -2.35. The Kier molecular flexibility index (Phi) is 5.05. The van der Waals surface area contributed by atoms with Crippen LogP contribution in [0, 0.1) is 18.3 Å². The highest BCUT2D eigenvalue weighted by molar-refractivity contribution is 7.16. The number of nitrogens with zero attached hydrogens (tertiary/aromatic N) is 4. The van der Waals surface area contributed by atoms with E-state index < -0.39 is 5.91 Å². The molecule has 0 saturated carbocycles. The van der Waals surface area contributed by atoms with E-state index in [1.54, 1.807) is 11.0 Å². The van der Waals surface area contributed by atoms with Crippen molar-refractivity contribution in [3.8, 4) is 6.07 Å². The molecule has 1 aliphatic rings. The van der Waals surface area contributed by atoms with Gasteiger partial charge in [0.25, 0.3) is 11.8 Å². The van der Waals surface area contributed by atoms with Crippen LogP contribution in [0.3, 0.4) is 0 Å². The van der Waals surface area contributed by atoms with Crippen LogP contribution in [0.15, 0.2) is 24.5 Å². The molecule has 0 radical (unpaired) electrons. The number of halogens is 1. The second kappa shape index (κ2) is 7.66. The molecule has 2 N–H and O–H groups in total. The number of amides is 2. The molecule has 0 aliphatic carbocycles. The maximum Gasteiger partial charge on any atom is 0.274 e. The van der Waals surface area contributed by atoms with Crippen molar-refractivity contribution in [1.82, 2.24) is 20.1 Å². The zero-order valence-corrected chi connectivity index (χ0v) is 16.9. The van der Waals surface area contributed by atoms with Crippen LogP contribution in [-0.2, 0) is 13.0 Å². The fourth-order valence-electron chi connectivity index (χ4n) is 3.19. The minimum atomic E-state index is -0.432. The van der Waals surface area contributed by atoms with Gasteiger partial charge in [0.2, 0.25) is 0 Å². The molecule has 29 heavy (non-hydrogen) atoms. The average molecular weight is 427 g/mol. The van der Waals surface area contributed by atoms with Gasteiger partial charge in [0.05, 0.1) is 22.7 Å². The maximum atomic E-state index is 12.7. The summed E-state index contributed by atoms with van der Waals surface area (Å²) < 4.78 is 0. The molecule has 3 aromatic rings. The number of pyridine rings is 1. The van der Waals surface area contributed by atoms with Crippen molar-refractivity contribution in [2.45, 2.75) is 19.9 Å². The van der Waals surface area contributed by atoms with Crippen molar-refractivity contribution in [1.29, 1.82) is 5.26 Å². The summed E-state index contributed by atoms with van der Waals surface area (Å²) in [5.41, 5.74) is 2.71. The summed E-state index contributed by atoms with van der Waals surface area (Å²) in [5, 5.41) is 19.9. The lowest BCUT2D eigenvalue weighted by molar-refractivity contribution is 0.0731. The monoisotopic (exact) mass is 426 g/mol. The van der Waals surface area contributed by atoms with E-state index in [9.17, 15) is 14.9 Å². The molecule has 146 valence electrons. The van der Waals surface area contributed by atoms with E-state index in [0.717, 1.165) is 16.1 Å². The molecule has 4 heterocycles. The zero-order chi connectivity index (χ0) is 20.5. The third-order valence-corrected chi connectivity index (χ3v) is 6.08. The van der Waals surface area contributed by atoms with Crippen LogP contribution in [-0.4, -0.2) is 38.4 Å². The molecule has 1 aliphatic heterocycles. The molecule has 0 saturated heterocycles. The predicted octanol–water partition coefficient (Wildman–Crippen LogP) is 3.15. The molecule has 10 heteroatoms. The minimum Gasteiger partial charge on any atom is -0.332 e. The summed E-state index contributed by atoms with van der Waals surface area (Å²) in [7, 11) is 0. The zero-order valence-electron chi connectivity index (χ0n) is 15.3. The van der Waals surface area contributed by atoms with Gasteiger partial charge < -0.3 is 10.2 Å². The minimum absolute atomic E-state index is 0.167. The number of aryl methyl sites for hydroxylation is 1. The van der Waals surface area contributed by atoms with Gasteiger partial charge in [-0.25, -0.2) is 0 Å². The van der Waals surface area contributed by atoms with Gasteiger partial charge >= 0.3 is 0 Å². The fraction of sp³-hybridized carbons (Fsp3) is 0.211. The third kappa shape index (κ3) is 3.60. The van der Waals surface area contributed by atoms with E-state index in [1.807, 2.05) is 6.92 Å². The van der Waals surface area contributed by atoms with Crippen LogP contribution < -0.4 is 5.32 Å². The number of carbonyl (C=O) groups is 2. The Balaban J connectivity index is 1.58. The SMILES string of the molecule is Cc1cc(C(=O)N2CCc3c(sc(NC(=O)c4cnccc4Cl)c3C#N)C2)n[nH]1. The summed E-state index contributed by atoms with van der Waals surface area (Å²) in [4.78, 5) is 31.7. The molecule has 0 atom stereocenters. The Labute approximate surface area is 175 Å². The first-order valence-electron chi connectivity index (χ1n) is 8.74. The lowest BCUT2D eigenvalue weighted by atomic mass is 10.0. The van der Waals surface area contributed by atoms with E-state index in [-0.39, 0.29) is 16.5 Å². The summed E-state index contributed by atoms with van der Waals surface area (Å²) in [6.07, 6.45) is 3.41. The molecular weight excluding hydrogens is 412 g/mol. The number of fused-ring (bicyclic) bond motifs is 1. The van der Waals surface area contributed by atoms with Crippen molar-refractivity contribution in [3.05, 3.63) is 62.5 Å². The number of nitrogens with one attached hydrogen (secondary N) is 2. The summed E-state index contributed by atoms with van der Waals surface area (Å²) in [6, 6.07) is 5.41. The van der Waals surface area contributed by atoms with Crippen LogP contribution in [0.4, 0.5) is 5.00 Å². The van der Waals surface area contributed by atoms with Gasteiger partial charge in [-0.05, 0) is 31.0 Å². The van der Waals surface area contributed by atoms with Gasteiger partial charge in [0, 0.05) is 29.5 Å². The molecule has 2 amide bonds. The van der Waals surface area contributed by atoms with Crippen LogP contribution in [0.1, 0.15) is 42.5 Å². The van der Waals surface area contributed by atoms with E-state index in [0.29, 0.717) is 35.8 Å². The van der Waals surface area contributed by atoms with Gasteiger partial charge in [-0.1, -0.05) is 11.6 Å². The van der Waals surface area contributed by atoms with Gasteiger partial charge in [-0.2, -0.15) is 10.4 Å². The Morgan fingerprint density at radius 2 is 2.28 bits per heavy atom. The molecule has 3 aromatic heterocycles. The van der Waals surface area contributed by atoms with E-state index >= 15 is 0 Å². The van der Waals surface area contributed by atoms with Gasteiger partial charge in [0.1, 0.15) is 16.8 Å². The Morgan fingerprint density at radius 1 is 1.45 bits per heavy atom. The van der Waals surface area contributed by atoms with Crippen LogP contribution in [0.2, 0.25) is 5.02 Å². The van der Waals surface area contributed by atoms with Crippen molar-refractivity contribution in [2.24, 2.45) is 0 Å². The van der Waals surface area contributed by atoms with Gasteiger partial charge in [0.15, 0.2) is 0 Å². The standard InChI is InChI=1S/C19H15ClN6O2S/c1-10-6-15(25-24-10)19(28)26-5-3-11-12(7-21)18(29-16(11)9-26)23-17(27)13-8-22-4-2-14(13)20/h2,4,6,8H,3,5,9H2,1H3,(H,23,27)(H,24,25). The average Bonchev–Trinajstić information content (AvgIpc) is 3.29. The first-order chi connectivity index (χ1) is 14.0. The highest BCUT2D eigenvalue weighted by Crippen LogP contribution is 2.37. The van der Waals surface area contributed by atoms with Crippen LogP contribution >= 0.6 is 22.9 Å². The highest BCUT2D eigenvalue weighted by atomic mass is 35.5. The second-order valence-electron chi connectivity index (χ2n) is 6.54. The molecule has 8 nitrogen and oxygen atoms in total. The number of aromatic nitrogens is 3. The number of aromatic amines is 1.